The first-order valence-electron chi connectivity index (χ1n) is 5.80. The minimum absolute atomic E-state index is 0.0595. The molecule has 9 nitrogen and oxygen atoms in total. The predicted molar refractivity (Wildman–Crippen MR) is 75.6 cm³/mol. The molecule has 0 aromatic rings. The van der Waals surface area contributed by atoms with Gasteiger partial charge in [-0.25, -0.2) is 0 Å². The summed E-state index contributed by atoms with van der Waals surface area (Å²) in [4.78, 5) is 44.2. The molecule has 0 aliphatic rings. The van der Waals surface area contributed by atoms with E-state index < -0.39 is 42.4 Å². The number of carbonyl (C=O) groups is 4. The molecule has 0 fully saturated rings. The Bertz CT molecular complexity index is 408. The van der Waals surface area contributed by atoms with Crippen molar-refractivity contribution in [3.8, 4) is 0 Å². The van der Waals surface area contributed by atoms with Crippen LogP contribution < -0.4 is 16.4 Å². The predicted octanol–water partition coefficient (Wildman–Crippen LogP) is -2.32. The van der Waals surface area contributed by atoms with E-state index in [2.05, 4.69) is 25.5 Å². The van der Waals surface area contributed by atoms with Gasteiger partial charge in [-0.1, -0.05) is 0 Å². The van der Waals surface area contributed by atoms with E-state index in [0.29, 0.717) is 0 Å². The van der Waals surface area contributed by atoms with Gasteiger partial charge in [0.05, 0.1) is 0 Å². The molecule has 0 saturated carbocycles. The molecule has 21 heavy (non-hydrogen) atoms. The quantitative estimate of drug-likeness (QED) is 0.262. The van der Waals surface area contributed by atoms with Crippen LogP contribution in [0.3, 0.4) is 0 Å². The number of nitrogens with one attached hydrogen (secondary N) is 2. The number of amides is 2. The van der Waals surface area contributed by atoms with Crippen molar-refractivity contribution in [1.29, 1.82) is 0 Å². The Hall–Kier alpha value is -1.29. The topological polar surface area (TPSA) is 159 Å². The number of nitrogens with two attached hydrogens (primary N) is 1. The number of carboxylic acids is 2. The molecule has 0 heterocycles. The van der Waals surface area contributed by atoms with Crippen LogP contribution in [0.15, 0.2) is 0 Å². The van der Waals surface area contributed by atoms with Crippen molar-refractivity contribution in [3.05, 3.63) is 0 Å². The van der Waals surface area contributed by atoms with E-state index in [4.69, 9.17) is 15.9 Å². The molecule has 0 bridgehead atoms. The van der Waals surface area contributed by atoms with Crippen molar-refractivity contribution in [3.63, 3.8) is 0 Å². The van der Waals surface area contributed by atoms with Crippen molar-refractivity contribution in [2.45, 2.75) is 24.9 Å². The van der Waals surface area contributed by atoms with Gasteiger partial charge in [0.1, 0.15) is 0 Å². The minimum atomic E-state index is -1.21. The average molecular weight is 385 g/mol. The van der Waals surface area contributed by atoms with Crippen molar-refractivity contribution in [2.24, 2.45) is 5.73 Å². The standard InChI is InChI=1S/C10H16N3O6SSe/c11-5(10(18)19)1-2-7(14)13-6(4-20-21)9(17)12-3-8(15)16/h5-6H,1-4,11H2,(H,12,17)(H,13,14)(H,15,16)(H,18,19)/t5-,6-/m0/s1. The molecule has 0 rings (SSSR count). The summed E-state index contributed by atoms with van der Waals surface area (Å²) >= 11 is 2.60. The van der Waals surface area contributed by atoms with E-state index in [-0.39, 0.29) is 18.6 Å². The number of hydrogen-bond donors (Lipinski definition) is 5. The summed E-state index contributed by atoms with van der Waals surface area (Å²) < 4.78 is 0. The monoisotopic (exact) mass is 386 g/mol. The summed E-state index contributed by atoms with van der Waals surface area (Å²) in [6.07, 6.45) is -0.204. The molecule has 0 spiro atoms. The molecule has 11 heteroatoms. The zero-order valence-electron chi connectivity index (χ0n) is 10.9. The van der Waals surface area contributed by atoms with Crippen LogP contribution in [0.5, 0.6) is 0 Å². The first-order chi connectivity index (χ1) is 9.77. The van der Waals surface area contributed by atoms with Crippen LogP contribution in [0.4, 0.5) is 0 Å². The first kappa shape index (κ1) is 19.7. The van der Waals surface area contributed by atoms with Gasteiger partial charge in [-0.3, -0.25) is 0 Å². The molecule has 2 amide bonds. The fourth-order valence-electron chi connectivity index (χ4n) is 1.21. The third kappa shape index (κ3) is 9.29. The molecule has 119 valence electrons. The summed E-state index contributed by atoms with van der Waals surface area (Å²) in [6.45, 7) is -0.548. The zero-order chi connectivity index (χ0) is 16.4. The zero-order valence-corrected chi connectivity index (χ0v) is 13.4. The van der Waals surface area contributed by atoms with Crippen LogP contribution in [0.25, 0.3) is 0 Å². The van der Waals surface area contributed by atoms with E-state index in [9.17, 15) is 19.2 Å². The van der Waals surface area contributed by atoms with Gasteiger partial charge in [-0.05, 0) is 0 Å². The Kier molecular flexibility index (Phi) is 9.80. The normalized spacial score (nSPS) is 13.0. The fraction of sp³-hybridized carbons (Fsp3) is 0.600. The van der Waals surface area contributed by atoms with Gasteiger partial charge in [-0.2, -0.15) is 0 Å². The maximum absolute atomic E-state index is 11.7. The molecule has 0 unspecified atom stereocenters. The third-order valence-corrected chi connectivity index (χ3v) is 3.63. The fourth-order valence-corrected chi connectivity index (χ4v) is 2.44. The average Bonchev–Trinajstić information content (AvgIpc) is 2.41. The van der Waals surface area contributed by atoms with Crippen LogP contribution in [0, 0.1) is 0 Å². The summed E-state index contributed by atoms with van der Waals surface area (Å²) in [7, 11) is 1.18. The Morgan fingerprint density at radius 2 is 1.86 bits per heavy atom. The second kappa shape index (κ2) is 10.4. The van der Waals surface area contributed by atoms with Gasteiger partial charge in [0.2, 0.25) is 0 Å². The summed E-state index contributed by atoms with van der Waals surface area (Å²) in [6, 6.07) is -2.06. The number of aliphatic carboxylic acids is 2. The molecule has 0 saturated heterocycles. The first-order valence-corrected chi connectivity index (χ1v) is 8.80. The van der Waals surface area contributed by atoms with E-state index in [1.165, 1.54) is 10.2 Å². The molecule has 0 aliphatic carbocycles. The van der Waals surface area contributed by atoms with Crippen LogP contribution in [-0.2, 0) is 19.2 Å². The molecule has 6 N–H and O–H groups in total. The maximum atomic E-state index is 11.7. The summed E-state index contributed by atoms with van der Waals surface area (Å²) in [5.41, 5.74) is 5.26. The Balaban J connectivity index is 4.35. The van der Waals surface area contributed by atoms with E-state index >= 15 is 0 Å². The molecule has 2 atom stereocenters. The van der Waals surface area contributed by atoms with Crippen LogP contribution in [0.1, 0.15) is 12.8 Å². The Morgan fingerprint density at radius 3 is 2.33 bits per heavy atom. The van der Waals surface area contributed by atoms with Crippen molar-refractivity contribution in [2.75, 3.05) is 12.3 Å². The summed E-state index contributed by atoms with van der Waals surface area (Å²) in [5, 5.41) is 21.6. The molecule has 0 aromatic heterocycles. The summed E-state index contributed by atoms with van der Waals surface area (Å²) in [5.74, 6) is -3.36. The van der Waals surface area contributed by atoms with Gasteiger partial charge in [0, 0.05) is 0 Å². The van der Waals surface area contributed by atoms with Crippen LogP contribution in [0.2, 0.25) is 0 Å². The molecular weight excluding hydrogens is 369 g/mol. The van der Waals surface area contributed by atoms with Gasteiger partial charge >= 0.3 is 132 Å². The van der Waals surface area contributed by atoms with E-state index in [0.717, 1.165) is 0 Å². The van der Waals surface area contributed by atoms with Gasteiger partial charge in [-0.15, -0.1) is 0 Å². The third-order valence-electron chi connectivity index (χ3n) is 2.30. The van der Waals surface area contributed by atoms with Crippen molar-refractivity contribution >= 4 is 48.8 Å². The van der Waals surface area contributed by atoms with E-state index in [1.54, 1.807) is 0 Å². The van der Waals surface area contributed by atoms with Crippen molar-refractivity contribution < 1.29 is 29.4 Å². The van der Waals surface area contributed by atoms with E-state index in [1.807, 2.05) is 0 Å². The molecule has 1 radical (unpaired) electrons. The number of carbonyl (C=O) groups excluding carboxylic acids is 2. The second-order valence-electron chi connectivity index (χ2n) is 4.00. The SMILES string of the molecule is N[C@@H](CCC(=O)N[C@@H](CS[Se])C(=O)NCC(=O)O)C(=O)O. The number of carboxylic acid groups (broad SMARTS) is 2. The second-order valence-corrected chi connectivity index (χ2v) is 6.05. The Labute approximate surface area is 132 Å². The molecular formula is C10H16N3O6SSe. The molecule has 0 aliphatic heterocycles. The van der Waals surface area contributed by atoms with Gasteiger partial charge < -0.3 is 0 Å². The van der Waals surface area contributed by atoms with Gasteiger partial charge in [0.15, 0.2) is 0 Å². The van der Waals surface area contributed by atoms with Crippen molar-refractivity contribution in [1.82, 2.24) is 10.6 Å². The number of hydrogen-bond acceptors (Lipinski definition) is 6. The molecule has 0 aromatic carbocycles. The van der Waals surface area contributed by atoms with Gasteiger partial charge in [0.25, 0.3) is 0 Å². The van der Waals surface area contributed by atoms with Crippen LogP contribution >= 0.6 is 10.2 Å². The Morgan fingerprint density at radius 1 is 1.24 bits per heavy atom. The number of rotatable bonds is 10. The van der Waals surface area contributed by atoms with Crippen LogP contribution in [-0.4, -0.2) is 73.2 Å².